The first-order valence-electron chi connectivity index (χ1n) is 7.44. The van der Waals surface area contributed by atoms with Crippen LogP contribution in [0, 0.1) is 5.92 Å². The van der Waals surface area contributed by atoms with Crippen molar-refractivity contribution in [2.45, 2.75) is 39.5 Å². The van der Waals surface area contributed by atoms with Gasteiger partial charge < -0.3 is 4.90 Å². The lowest BCUT2D eigenvalue weighted by atomic mass is 10.1. The smallest absolute Gasteiger partial charge is 0.318 e. The zero-order chi connectivity index (χ0) is 16.7. The number of nitrogens with one attached hydrogen (secondary N) is 2. The molecule has 0 aromatic carbocycles. The maximum absolute atomic E-state index is 11.6. The van der Waals surface area contributed by atoms with Crippen molar-refractivity contribution in [2.24, 2.45) is 5.92 Å². The number of hydrazine groups is 1. The van der Waals surface area contributed by atoms with Crippen LogP contribution < -0.4 is 10.9 Å². The summed E-state index contributed by atoms with van der Waals surface area (Å²) < 4.78 is 0. The van der Waals surface area contributed by atoms with Gasteiger partial charge in [0.15, 0.2) is 0 Å². The molecule has 0 aromatic heterocycles. The van der Waals surface area contributed by atoms with Crippen LogP contribution in [0.15, 0.2) is 0 Å². The summed E-state index contributed by atoms with van der Waals surface area (Å²) in [5, 5.41) is 0. The molecule has 1 heterocycles. The van der Waals surface area contributed by atoms with Crippen LogP contribution in [-0.4, -0.2) is 53.7 Å². The van der Waals surface area contributed by atoms with Gasteiger partial charge >= 0.3 is 6.03 Å². The molecular formula is C14H24N4O4. The molecule has 1 aliphatic heterocycles. The number of hydrogen-bond donors (Lipinski definition) is 2. The average Bonchev–Trinajstić information content (AvgIpc) is 2.66. The van der Waals surface area contributed by atoms with Gasteiger partial charge in [0, 0.05) is 26.4 Å². The maximum atomic E-state index is 11.6. The third kappa shape index (κ3) is 5.71. The largest absolute Gasteiger partial charge is 0.326 e. The first-order valence-corrected chi connectivity index (χ1v) is 7.44. The minimum Gasteiger partial charge on any atom is -0.318 e. The van der Waals surface area contributed by atoms with Crippen molar-refractivity contribution >= 4 is 23.8 Å². The predicted molar refractivity (Wildman–Crippen MR) is 79.3 cm³/mol. The van der Waals surface area contributed by atoms with E-state index in [9.17, 15) is 19.2 Å². The molecule has 0 bridgehead atoms. The van der Waals surface area contributed by atoms with Crippen molar-refractivity contribution < 1.29 is 19.2 Å². The Balaban J connectivity index is 2.14. The monoisotopic (exact) mass is 312 g/mol. The van der Waals surface area contributed by atoms with Crippen LogP contribution in [0.4, 0.5) is 4.79 Å². The third-order valence-electron chi connectivity index (χ3n) is 3.20. The molecule has 0 aliphatic carbocycles. The Morgan fingerprint density at radius 3 is 2.32 bits per heavy atom. The van der Waals surface area contributed by atoms with Gasteiger partial charge in [-0.2, -0.15) is 0 Å². The topological polar surface area (TPSA) is 98.8 Å². The molecule has 1 aliphatic rings. The highest BCUT2D eigenvalue weighted by Gasteiger charge is 2.32. The summed E-state index contributed by atoms with van der Waals surface area (Å²) in [5.74, 6) is -0.489. The van der Waals surface area contributed by atoms with Crippen LogP contribution in [0.5, 0.6) is 0 Å². The highest BCUT2D eigenvalue weighted by atomic mass is 16.2. The van der Waals surface area contributed by atoms with E-state index >= 15 is 0 Å². The maximum Gasteiger partial charge on any atom is 0.326 e. The molecule has 0 saturated carbocycles. The first-order chi connectivity index (χ1) is 10.3. The van der Waals surface area contributed by atoms with Crippen molar-refractivity contribution in [3.8, 4) is 0 Å². The Bertz CT molecular complexity index is 450. The van der Waals surface area contributed by atoms with E-state index in [-0.39, 0.29) is 42.6 Å². The summed E-state index contributed by atoms with van der Waals surface area (Å²) in [7, 11) is 1.58. The number of carbonyl (C=O) groups excluding carboxylic acids is 4. The molecule has 0 atom stereocenters. The number of nitrogens with zero attached hydrogens (tertiary/aromatic N) is 2. The summed E-state index contributed by atoms with van der Waals surface area (Å²) in [6, 6.07) is -0.296. The molecule has 0 aromatic rings. The molecule has 0 unspecified atom stereocenters. The molecule has 1 rings (SSSR count). The number of hydrogen-bond acceptors (Lipinski definition) is 4. The molecule has 0 spiro atoms. The van der Waals surface area contributed by atoms with E-state index in [1.54, 1.807) is 7.05 Å². The molecular weight excluding hydrogens is 288 g/mol. The summed E-state index contributed by atoms with van der Waals surface area (Å²) in [4.78, 5) is 48.6. The standard InChI is InChI=1S/C14H24N4O4/c1-10(2)8-12(20)16-15-11(19)6-4-5-7-18-13(21)9-17(3)14(18)22/h10H,4-9H2,1-3H3,(H,15,19)(H,16,20). The third-order valence-corrected chi connectivity index (χ3v) is 3.20. The second-order valence-electron chi connectivity index (χ2n) is 5.84. The highest BCUT2D eigenvalue weighted by molar-refractivity contribution is 6.01. The summed E-state index contributed by atoms with van der Waals surface area (Å²) in [5.41, 5.74) is 4.70. The number of unbranched alkanes of at least 4 members (excludes halogenated alkanes) is 1. The molecule has 1 saturated heterocycles. The lowest BCUT2D eigenvalue weighted by molar-refractivity contribution is -0.129. The van der Waals surface area contributed by atoms with Gasteiger partial charge in [-0.1, -0.05) is 13.8 Å². The summed E-state index contributed by atoms with van der Waals surface area (Å²) in [6.45, 7) is 4.26. The van der Waals surface area contributed by atoms with Gasteiger partial charge in [0.05, 0.1) is 0 Å². The second kappa shape index (κ2) is 8.35. The van der Waals surface area contributed by atoms with Crippen LogP contribution in [0.1, 0.15) is 39.5 Å². The van der Waals surface area contributed by atoms with Gasteiger partial charge in [-0.3, -0.25) is 30.1 Å². The lowest BCUT2D eigenvalue weighted by Crippen LogP contribution is -2.42. The van der Waals surface area contributed by atoms with E-state index in [2.05, 4.69) is 10.9 Å². The Hall–Kier alpha value is -2.12. The first kappa shape index (κ1) is 17.9. The van der Waals surface area contributed by atoms with E-state index in [4.69, 9.17) is 0 Å². The number of amides is 5. The number of likely N-dealkylation sites (N-methyl/N-ethyl adjacent to an activating group) is 1. The van der Waals surface area contributed by atoms with Gasteiger partial charge in [-0.25, -0.2) is 4.79 Å². The normalized spacial score (nSPS) is 14.7. The van der Waals surface area contributed by atoms with Crippen molar-refractivity contribution in [3.63, 3.8) is 0 Å². The number of rotatable bonds is 7. The van der Waals surface area contributed by atoms with Crippen LogP contribution >= 0.6 is 0 Å². The Morgan fingerprint density at radius 1 is 1.14 bits per heavy atom. The fraction of sp³-hybridized carbons (Fsp3) is 0.714. The van der Waals surface area contributed by atoms with Crippen molar-refractivity contribution in [2.75, 3.05) is 20.1 Å². The Kier molecular flexibility index (Phi) is 6.81. The molecule has 8 nitrogen and oxygen atoms in total. The van der Waals surface area contributed by atoms with E-state index in [1.165, 1.54) is 9.80 Å². The SMILES string of the molecule is CC(C)CC(=O)NNC(=O)CCCCN1C(=O)CN(C)C1=O. The molecule has 22 heavy (non-hydrogen) atoms. The highest BCUT2D eigenvalue weighted by Crippen LogP contribution is 2.09. The van der Waals surface area contributed by atoms with E-state index in [0.29, 0.717) is 25.8 Å². The Morgan fingerprint density at radius 2 is 1.77 bits per heavy atom. The number of urea groups is 1. The van der Waals surface area contributed by atoms with Gasteiger partial charge in [0.25, 0.3) is 0 Å². The van der Waals surface area contributed by atoms with E-state index < -0.39 is 0 Å². The van der Waals surface area contributed by atoms with E-state index in [0.717, 1.165) is 0 Å². The minimum atomic E-state index is -0.296. The van der Waals surface area contributed by atoms with Crippen molar-refractivity contribution in [1.29, 1.82) is 0 Å². The van der Waals surface area contributed by atoms with Gasteiger partial charge in [-0.05, 0) is 18.8 Å². The zero-order valence-corrected chi connectivity index (χ0v) is 13.3. The summed E-state index contributed by atoms with van der Waals surface area (Å²) in [6.07, 6.45) is 1.67. The van der Waals surface area contributed by atoms with Crippen LogP contribution in [0.2, 0.25) is 0 Å². The van der Waals surface area contributed by atoms with Gasteiger partial charge in [0.1, 0.15) is 6.54 Å². The summed E-state index contributed by atoms with van der Waals surface area (Å²) >= 11 is 0. The molecule has 0 radical (unpaired) electrons. The van der Waals surface area contributed by atoms with Crippen LogP contribution in [0.25, 0.3) is 0 Å². The molecule has 8 heteroatoms. The fourth-order valence-electron chi connectivity index (χ4n) is 2.07. The fourth-order valence-corrected chi connectivity index (χ4v) is 2.07. The number of carbonyl (C=O) groups is 4. The van der Waals surface area contributed by atoms with Gasteiger partial charge in [0.2, 0.25) is 17.7 Å². The molecule has 2 N–H and O–H groups in total. The molecule has 1 fully saturated rings. The van der Waals surface area contributed by atoms with Gasteiger partial charge in [-0.15, -0.1) is 0 Å². The average molecular weight is 312 g/mol. The minimum absolute atomic E-state index is 0.112. The molecule has 5 amide bonds. The predicted octanol–water partition coefficient (Wildman–Crippen LogP) is 0.244. The van der Waals surface area contributed by atoms with Crippen LogP contribution in [0.3, 0.4) is 0 Å². The second-order valence-corrected chi connectivity index (χ2v) is 5.84. The van der Waals surface area contributed by atoms with Crippen molar-refractivity contribution in [3.05, 3.63) is 0 Å². The Labute approximate surface area is 130 Å². The molecule has 124 valence electrons. The van der Waals surface area contributed by atoms with Crippen LogP contribution in [-0.2, 0) is 14.4 Å². The van der Waals surface area contributed by atoms with E-state index in [1.807, 2.05) is 13.8 Å². The lowest BCUT2D eigenvalue weighted by Gasteiger charge is -2.13. The zero-order valence-electron chi connectivity index (χ0n) is 13.3. The van der Waals surface area contributed by atoms with Crippen molar-refractivity contribution in [1.82, 2.24) is 20.7 Å². The number of imide groups is 1. The quantitative estimate of drug-likeness (QED) is 0.400.